The zero-order chi connectivity index (χ0) is 13.3. The van der Waals surface area contributed by atoms with E-state index in [1.165, 1.54) is 51.4 Å². The first kappa shape index (κ1) is 14.6. The summed E-state index contributed by atoms with van der Waals surface area (Å²) in [5.74, 6) is 1.97. The third-order valence-corrected chi connectivity index (χ3v) is 4.34. The Labute approximate surface area is 117 Å². The van der Waals surface area contributed by atoms with E-state index in [-0.39, 0.29) is 0 Å². The maximum absolute atomic E-state index is 4.41. The molecule has 0 radical (unpaired) electrons. The number of nitrogens with zero attached hydrogens (tertiary/aromatic N) is 1. The van der Waals surface area contributed by atoms with E-state index >= 15 is 0 Å². The van der Waals surface area contributed by atoms with Crippen LogP contribution in [-0.4, -0.2) is 22.6 Å². The molecule has 1 aromatic rings. The molecule has 0 aromatic carbocycles. The molecule has 1 heterocycles. The average molecular weight is 263 g/mol. The van der Waals surface area contributed by atoms with Gasteiger partial charge in [-0.15, -0.1) is 0 Å². The Balaban J connectivity index is 1.93. The van der Waals surface area contributed by atoms with Crippen molar-refractivity contribution in [3.63, 3.8) is 0 Å². The lowest BCUT2D eigenvalue weighted by Gasteiger charge is -2.29. The Morgan fingerprint density at radius 1 is 1.26 bits per heavy atom. The standard InChI is InChI=1S/C16H29N3/c1-2-10-17-15(13-16-18-11-12-19-16)14-8-6-4-3-5-7-9-14/h11-12,14-15,17H,2-10,13H2,1H3,(H,18,19). The minimum absolute atomic E-state index is 0.601. The summed E-state index contributed by atoms with van der Waals surface area (Å²) in [6.45, 7) is 3.37. The van der Waals surface area contributed by atoms with Crippen LogP contribution in [0.4, 0.5) is 0 Å². The monoisotopic (exact) mass is 263 g/mol. The van der Waals surface area contributed by atoms with Crippen molar-refractivity contribution < 1.29 is 0 Å². The molecule has 1 saturated carbocycles. The van der Waals surface area contributed by atoms with Crippen molar-refractivity contribution in [1.29, 1.82) is 0 Å². The fourth-order valence-corrected chi connectivity index (χ4v) is 3.24. The van der Waals surface area contributed by atoms with Gasteiger partial charge in [-0.2, -0.15) is 0 Å². The molecule has 0 saturated heterocycles. The number of aromatic amines is 1. The van der Waals surface area contributed by atoms with Crippen molar-refractivity contribution in [3.05, 3.63) is 18.2 Å². The Kier molecular flexibility index (Phi) is 6.42. The maximum Gasteiger partial charge on any atom is 0.107 e. The van der Waals surface area contributed by atoms with Gasteiger partial charge in [0.05, 0.1) is 0 Å². The Bertz CT molecular complexity index is 313. The summed E-state index contributed by atoms with van der Waals surface area (Å²) in [7, 11) is 0. The van der Waals surface area contributed by atoms with Crippen molar-refractivity contribution in [2.75, 3.05) is 6.54 Å². The first-order chi connectivity index (χ1) is 9.40. The molecule has 108 valence electrons. The topological polar surface area (TPSA) is 40.7 Å². The third-order valence-electron chi connectivity index (χ3n) is 4.34. The Hall–Kier alpha value is -0.830. The molecule has 3 nitrogen and oxygen atoms in total. The molecule has 3 heteroatoms. The molecule has 2 rings (SSSR count). The van der Waals surface area contributed by atoms with Crippen molar-refractivity contribution in [3.8, 4) is 0 Å². The van der Waals surface area contributed by atoms with E-state index in [1.807, 2.05) is 12.4 Å². The SMILES string of the molecule is CCCNC(Cc1ncc[nH]1)C1CCCCCCC1. The molecular formula is C16H29N3. The molecule has 0 amide bonds. The maximum atomic E-state index is 4.41. The van der Waals surface area contributed by atoms with Gasteiger partial charge in [-0.1, -0.05) is 39.0 Å². The minimum Gasteiger partial charge on any atom is -0.349 e. The van der Waals surface area contributed by atoms with Gasteiger partial charge in [-0.05, 0) is 31.7 Å². The van der Waals surface area contributed by atoms with E-state index in [2.05, 4.69) is 22.2 Å². The molecule has 0 bridgehead atoms. The quantitative estimate of drug-likeness (QED) is 0.822. The highest BCUT2D eigenvalue weighted by atomic mass is 14.9. The molecule has 1 aromatic heterocycles. The second kappa shape index (κ2) is 8.36. The van der Waals surface area contributed by atoms with Crippen LogP contribution in [0.25, 0.3) is 0 Å². The lowest BCUT2D eigenvalue weighted by molar-refractivity contribution is 0.281. The fourth-order valence-electron chi connectivity index (χ4n) is 3.24. The molecule has 1 unspecified atom stereocenters. The first-order valence-electron chi connectivity index (χ1n) is 8.11. The van der Waals surface area contributed by atoms with Crippen molar-refractivity contribution in [1.82, 2.24) is 15.3 Å². The van der Waals surface area contributed by atoms with Gasteiger partial charge in [0.1, 0.15) is 5.82 Å². The smallest absolute Gasteiger partial charge is 0.107 e. The van der Waals surface area contributed by atoms with Gasteiger partial charge in [0.15, 0.2) is 0 Å². The minimum atomic E-state index is 0.601. The van der Waals surface area contributed by atoms with Gasteiger partial charge in [-0.25, -0.2) is 4.98 Å². The second-order valence-corrected chi connectivity index (χ2v) is 5.91. The highest BCUT2D eigenvalue weighted by molar-refractivity contribution is 4.93. The largest absolute Gasteiger partial charge is 0.349 e. The molecule has 1 aliphatic rings. The van der Waals surface area contributed by atoms with E-state index in [9.17, 15) is 0 Å². The number of H-pyrrole nitrogens is 1. The third kappa shape index (κ3) is 4.98. The molecule has 0 aliphatic heterocycles. The number of rotatable bonds is 6. The Morgan fingerprint density at radius 3 is 2.63 bits per heavy atom. The van der Waals surface area contributed by atoms with Gasteiger partial charge in [-0.3, -0.25) is 0 Å². The van der Waals surface area contributed by atoms with Crippen LogP contribution in [-0.2, 0) is 6.42 Å². The van der Waals surface area contributed by atoms with E-state index in [4.69, 9.17) is 0 Å². The summed E-state index contributed by atoms with van der Waals surface area (Å²) in [6.07, 6.45) is 16.0. The fraction of sp³-hybridized carbons (Fsp3) is 0.812. The van der Waals surface area contributed by atoms with E-state index in [0.29, 0.717) is 6.04 Å². The number of hydrogen-bond acceptors (Lipinski definition) is 2. The lowest BCUT2D eigenvalue weighted by atomic mass is 9.84. The summed E-state index contributed by atoms with van der Waals surface area (Å²) in [6, 6.07) is 0.601. The summed E-state index contributed by atoms with van der Waals surface area (Å²) in [5, 5.41) is 3.77. The number of aromatic nitrogens is 2. The van der Waals surface area contributed by atoms with Crippen LogP contribution in [0, 0.1) is 5.92 Å². The van der Waals surface area contributed by atoms with Gasteiger partial charge in [0, 0.05) is 24.9 Å². The van der Waals surface area contributed by atoms with Gasteiger partial charge >= 0.3 is 0 Å². The highest BCUT2D eigenvalue weighted by Crippen LogP contribution is 2.26. The molecule has 1 aliphatic carbocycles. The van der Waals surface area contributed by atoms with Crippen molar-refractivity contribution in [2.24, 2.45) is 5.92 Å². The molecule has 1 atom stereocenters. The summed E-state index contributed by atoms with van der Waals surface area (Å²) >= 11 is 0. The zero-order valence-electron chi connectivity index (χ0n) is 12.3. The number of imidazole rings is 1. The number of hydrogen-bond donors (Lipinski definition) is 2. The van der Waals surface area contributed by atoms with E-state index in [0.717, 1.165) is 24.7 Å². The van der Waals surface area contributed by atoms with Gasteiger partial charge in [0.25, 0.3) is 0 Å². The Morgan fingerprint density at radius 2 is 2.00 bits per heavy atom. The molecule has 0 spiro atoms. The summed E-state index contributed by atoms with van der Waals surface area (Å²) in [5.41, 5.74) is 0. The van der Waals surface area contributed by atoms with Crippen LogP contribution >= 0.6 is 0 Å². The normalized spacial score (nSPS) is 19.8. The van der Waals surface area contributed by atoms with Crippen LogP contribution < -0.4 is 5.32 Å². The summed E-state index contributed by atoms with van der Waals surface area (Å²) < 4.78 is 0. The predicted octanol–water partition coefficient (Wildman–Crippen LogP) is 3.68. The first-order valence-corrected chi connectivity index (χ1v) is 8.11. The van der Waals surface area contributed by atoms with Crippen LogP contribution in [0.15, 0.2) is 12.4 Å². The van der Waals surface area contributed by atoms with Gasteiger partial charge < -0.3 is 10.3 Å². The number of nitrogens with one attached hydrogen (secondary N) is 2. The van der Waals surface area contributed by atoms with Crippen molar-refractivity contribution in [2.45, 2.75) is 70.8 Å². The molecular weight excluding hydrogens is 234 g/mol. The van der Waals surface area contributed by atoms with Crippen LogP contribution in [0.1, 0.15) is 64.1 Å². The lowest BCUT2D eigenvalue weighted by Crippen LogP contribution is -2.39. The van der Waals surface area contributed by atoms with Crippen LogP contribution in [0.2, 0.25) is 0 Å². The summed E-state index contributed by atoms with van der Waals surface area (Å²) in [4.78, 5) is 7.67. The van der Waals surface area contributed by atoms with Crippen LogP contribution in [0.5, 0.6) is 0 Å². The molecule has 2 N–H and O–H groups in total. The van der Waals surface area contributed by atoms with Gasteiger partial charge in [0.2, 0.25) is 0 Å². The average Bonchev–Trinajstić information content (AvgIpc) is 2.87. The van der Waals surface area contributed by atoms with E-state index < -0.39 is 0 Å². The highest BCUT2D eigenvalue weighted by Gasteiger charge is 2.22. The van der Waals surface area contributed by atoms with Crippen LogP contribution in [0.3, 0.4) is 0 Å². The van der Waals surface area contributed by atoms with Crippen molar-refractivity contribution >= 4 is 0 Å². The second-order valence-electron chi connectivity index (χ2n) is 5.91. The predicted molar refractivity (Wildman–Crippen MR) is 80.2 cm³/mol. The molecule has 1 fully saturated rings. The van der Waals surface area contributed by atoms with E-state index in [1.54, 1.807) is 0 Å². The molecule has 19 heavy (non-hydrogen) atoms. The zero-order valence-corrected chi connectivity index (χ0v) is 12.3.